The van der Waals surface area contributed by atoms with Crippen LogP contribution in [0.3, 0.4) is 0 Å². The van der Waals surface area contributed by atoms with Gasteiger partial charge in [0.15, 0.2) is 0 Å². The number of benzene rings is 1. The minimum absolute atomic E-state index is 0.203. The van der Waals surface area contributed by atoms with Crippen LogP contribution in [0.5, 0.6) is 0 Å². The molecular formula is C16H20N4O2. The van der Waals surface area contributed by atoms with E-state index in [-0.39, 0.29) is 6.04 Å². The summed E-state index contributed by atoms with van der Waals surface area (Å²) >= 11 is 0. The molecule has 2 N–H and O–H groups in total. The summed E-state index contributed by atoms with van der Waals surface area (Å²) in [5, 5.41) is 5.30. The lowest BCUT2D eigenvalue weighted by molar-refractivity contribution is -0.139. The number of rotatable bonds is 6. The Morgan fingerprint density at radius 1 is 1.23 bits per heavy atom. The fourth-order valence-corrected chi connectivity index (χ4v) is 2.05. The highest BCUT2D eigenvalue weighted by Crippen LogP contribution is 2.10. The third kappa shape index (κ3) is 4.73. The summed E-state index contributed by atoms with van der Waals surface area (Å²) in [5.74, 6) is -1.22. The molecule has 0 bridgehead atoms. The molecule has 0 unspecified atom stereocenters. The number of nitrogens with one attached hydrogen (secondary N) is 2. The molecule has 0 saturated carbocycles. The van der Waals surface area contributed by atoms with E-state index < -0.39 is 11.8 Å². The molecule has 1 aromatic heterocycles. The van der Waals surface area contributed by atoms with Gasteiger partial charge in [0.25, 0.3) is 0 Å². The van der Waals surface area contributed by atoms with Crippen molar-refractivity contribution < 1.29 is 9.59 Å². The van der Waals surface area contributed by atoms with Gasteiger partial charge in [0.2, 0.25) is 0 Å². The number of hydrogen-bond donors (Lipinski definition) is 2. The first-order chi connectivity index (χ1) is 10.7. The van der Waals surface area contributed by atoms with Crippen LogP contribution in [-0.4, -0.2) is 27.9 Å². The van der Waals surface area contributed by atoms with Crippen molar-refractivity contribution in [3.05, 3.63) is 54.6 Å². The van der Waals surface area contributed by atoms with E-state index in [1.165, 1.54) is 0 Å². The van der Waals surface area contributed by atoms with Gasteiger partial charge in [0, 0.05) is 25.5 Å². The highest BCUT2D eigenvalue weighted by Gasteiger charge is 2.16. The molecule has 1 aromatic carbocycles. The van der Waals surface area contributed by atoms with Crippen molar-refractivity contribution in [1.29, 1.82) is 0 Å². The Morgan fingerprint density at radius 3 is 2.68 bits per heavy atom. The molecule has 2 aromatic rings. The fourth-order valence-electron chi connectivity index (χ4n) is 2.05. The Labute approximate surface area is 129 Å². The SMILES string of the molecule is C[C@H](NC(=O)C(=O)NCCCn1ccnc1)c1ccccc1. The van der Waals surface area contributed by atoms with Crippen molar-refractivity contribution in [2.45, 2.75) is 25.9 Å². The molecule has 1 atom stereocenters. The lowest BCUT2D eigenvalue weighted by Crippen LogP contribution is -2.41. The van der Waals surface area contributed by atoms with Gasteiger partial charge < -0.3 is 15.2 Å². The van der Waals surface area contributed by atoms with Crippen LogP contribution in [0.4, 0.5) is 0 Å². The van der Waals surface area contributed by atoms with Crippen molar-refractivity contribution in [3.8, 4) is 0 Å². The Hall–Kier alpha value is -2.63. The second kappa shape index (κ2) is 7.97. The van der Waals surface area contributed by atoms with Crippen molar-refractivity contribution in [3.63, 3.8) is 0 Å². The number of aryl methyl sites for hydroxylation is 1. The monoisotopic (exact) mass is 300 g/mol. The largest absolute Gasteiger partial charge is 0.348 e. The molecule has 1 heterocycles. The van der Waals surface area contributed by atoms with Crippen LogP contribution in [0.1, 0.15) is 24.9 Å². The second-order valence-electron chi connectivity index (χ2n) is 5.02. The zero-order valence-electron chi connectivity index (χ0n) is 12.5. The first kappa shape index (κ1) is 15.8. The zero-order chi connectivity index (χ0) is 15.8. The van der Waals surface area contributed by atoms with Gasteiger partial charge in [0.05, 0.1) is 12.4 Å². The fraction of sp³-hybridized carbons (Fsp3) is 0.312. The Kier molecular flexibility index (Phi) is 5.71. The molecule has 0 radical (unpaired) electrons. The molecule has 116 valence electrons. The highest BCUT2D eigenvalue weighted by molar-refractivity contribution is 6.35. The maximum absolute atomic E-state index is 11.8. The molecule has 0 aliphatic heterocycles. The molecule has 22 heavy (non-hydrogen) atoms. The Balaban J connectivity index is 1.69. The minimum atomic E-state index is -0.612. The molecule has 0 aliphatic rings. The highest BCUT2D eigenvalue weighted by atomic mass is 16.2. The van der Waals surface area contributed by atoms with Gasteiger partial charge in [-0.15, -0.1) is 0 Å². The summed E-state index contributed by atoms with van der Waals surface area (Å²) in [6, 6.07) is 9.32. The van der Waals surface area contributed by atoms with Crippen LogP contribution in [0, 0.1) is 0 Å². The third-order valence-corrected chi connectivity index (χ3v) is 3.29. The molecule has 0 spiro atoms. The third-order valence-electron chi connectivity index (χ3n) is 3.29. The maximum atomic E-state index is 11.8. The van der Waals surface area contributed by atoms with Crippen LogP contribution < -0.4 is 10.6 Å². The summed E-state index contributed by atoms with van der Waals surface area (Å²) in [7, 11) is 0. The van der Waals surface area contributed by atoms with E-state index in [4.69, 9.17) is 0 Å². The molecular weight excluding hydrogens is 280 g/mol. The molecule has 0 fully saturated rings. The molecule has 0 saturated heterocycles. The number of nitrogens with zero attached hydrogens (tertiary/aromatic N) is 2. The minimum Gasteiger partial charge on any atom is -0.348 e. The molecule has 2 amide bonds. The maximum Gasteiger partial charge on any atom is 0.309 e. The van der Waals surface area contributed by atoms with E-state index in [9.17, 15) is 9.59 Å². The number of aromatic nitrogens is 2. The first-order valence-electron chi connectivity index (χ1n) is 7.26. The van der Waals surface area contributed by atoms with Gasteiger partial charge in [0.1, 0.15) is 0 Å². The number of carbonyl (C=O) groups excluding carboxylic acids is 2. The van der Waals surface area contributed by atoms with Crippen molar-refractivity contribution in [1.82, 2.24) is 20.2 Å². The van der Waals surface area contributed by atoms with E-state index in [2.05, 4.69) is 15.6 Å². The topological polar surface area (TPSA) is 76.0 Å². The lowest BCUT2D eigenvalue weighted by atomic mass is 10.1. The van der Waals surface area contributed by atoms with Crippen molar-refractivity contribution in [2.75, 3.05) is 6.54 Å². The Bertz CT molecular complexity index is 596. The summed E-state index contributed by atoms with van der Waals surface area (Å²) in [4.78, 5) is 27.5. The van der Waals surface area contributed by atoms with E-state index in [0.717, 1.165) is 18.5 Å². The van der Waals surface area contributed by atoms with Gasteiger partial charge in [-0.05, 0) is 18.9 Å². The predicted octanol–water partition coefficient (Wildman–Crippen LogP) is 1.27. The van der Waals surface area contributed by atoms with E-state index >= 15 is 0 Å². The number of amides is 2. The molecule has 6 heteroatoms. The second-order valence-corrected chi connectivity index (χ2v) is 5.02. The van der Waals surface area contributed by atoms with Crippen LogP contribution in [0.15, 0.2) is 49.1 Å². The van der Waals surface area contributed by atoms with Crippen LogP contribution in [-0.2, 0) is 16.1 Å². The van der Waals surface area contributed by atoms with E-state index in [1.807, 2.05) is 48.0 Å². The summed E-state index contributed by atoms with van der Waals surface area (Å²) in [6.45, 7) is 3.05. The summed E-state index contributed by atoms with van der Waals surface area (Å²) < 4.78 is 1.92. The van der Waals surface area contributed by atoms with E-state index in [0.29, 0.717) is 6.54 Å². The lowest BCUT2D eigenvalue weighted by Gasteiger charge is -2.14. The Morgan fingerprint density at radius 2 is 2.00 bits per heavy atom. The number of hydrogen-bond acceptors (Lipinski definition) is 3. The average Bonchev–Trinajstić information content (AvgIpc) is 3.05. The van der Waals surface area contributed by atoms with Gasteiger partial charge in [-0.25, -0.2) is 4.98 Å². The molecule has 0 aliphatic carbocycles. The van der Waals surface area contributed by atoms with Gasteiger partial charge in [-0.3, -0.25) is 9.59 Å². The van der Waals surface area contributed by atoms with Crippen LogP contribution >= 0.6 is 0 Å². The quantitative estimate of drug-likeness (QED) is 0.623. The van der Waals surface area contributed by atoms with Crippen molar-refractivity contribution in [2.24, 2.45) is 0 Å². The molecule has 6 nitrogen and oxygen atoms in total. The normalized spacial score (nSPS) is 11.7. The van der Waals surface area contributed by atoms with Gasteiger partial charge >= 0.3 is 11.8 Å². The number of imidazole rings is 1. The van der Waals surface area contributed by atoms with Crippen LogP contribution in [0.25, 0.3) is 0 Å². The standard InChI is InChI=1S/C16H20N4O2/c1-13(14-6-3-2-4-7-14)19-16(22)15(21)18-8-5-10-20-11-9-17-12-20/h2-4,6-7,9,11-13H,5,8,10H2,1H3,(H,18,21)(H,19,22)/t13-/m0/s1. The predicted molar refractivity (Wildman–Crippen MR) is 82.9 cm³/mol. The van der Waals surface area contributed by atoms with Gasteiger partial charge in [-0.2, -0.15) is 0 Å². The van der Waals surface area contributed by atoms with Crippen LogP contribution in [0.2, 0.25) is 0 Å². The molecule has 2 rings (SSSR count). The summed E-state index contributed by atoms with van der Waals surface area (Å²) in [6.07, 6.45) is 6.02. The first-order valence-corrected chi connectivity index (χ1v) is 7.26. The zero-order valence-corrected chi connectivity index (χ0v) is 12.5. The van der Waals surface area contributed by atoms with E-state index in [1.54, 1.807) is 12.5 Å². The van der Waals surface area contributed by atoms with Gasteiger partial charge in [-0.1, -0.05) is 30.3 Å². The average molecular weight is 300 g/mol. The smallest absolute Gasteiger partial charge is 0.309 e. The van der Waals surface area contributed by atoms with Crippen molar-refractivity contribution >= 4 is 11.8 Å². The summed E-state index contributed by atoms with van der Waals surface area (Å²) in [5.41, 5.74) is 0.962. The number of carbonyl (C=O) groups is 2.